The van der Waals surface area contributed by atoms with Crippen LogP contribution in [0.3, 0.4) is 0 Å². The summed E-state index contributed by atoms with van der Waals surface area (Å²) in [6, 6.07) is 8.37. The molecule has 1 atom stereocenters. The molecule has 0 unspecified atom stereocenters. The van der Waals surface area contributed by atoms with Crippen molar-refractivity contribution in [3.8, 4) is 0 Å². The average molecular weight is 238 g/mol. The predicted molar refractivity (Wildman–Crippen MR) is 70.1 cm³/mol. The molecule has 88 valence electrons. The molecule has 1 nitrogen and oxygen atoms in total. The van der Waals surface area contributed by atoms with Crippen molar-refractivity contribution in [3.63, 3.8) is 0 Å². The topological polar surface area (TPSA) is 12.0 Å². The molecule has 1 saturated heterocycles. The smallest absolute Gasteiger partial charge is 0.0406 e. The van der Waals surface area contributed by atoms with Crippen LogP contribution in [-0.2, 0) is 0 Å². The third-order valence-corrected chi connectivity index (χ3v) is 4.50. The molecule has 0 saturated carbocycles. The van der Waals surface area contributed by atoms with Gasteiger partial charge in [-0.05, 0) is 36.0 Å². The molecule has 1 fully saturated rings. The van der Waals surface area contributed by atoms with E-state index in [9.17, 15) is 0 Å². The maximum Gasteiger partial charge on any atom is 0.0406 e. The number of halogens is 1. The molecule has 1 aliphatic heterocycles. The molecule has 1 N–H and O–H groups in total. The zero-order chi connectivity index (χ0) is 11.6. The third kappa shape index (κ3) is 1.99. The summed E-state index contributed by atoms with van der Waals surface area (Å²) in [4.78, 5) is 0. The largest absolute Gasteiger partial charge is 0.316 e. The molecule has 0 aliphatic carbocycles. The average Bonchev–Trinajstić information content (AvgIpc) is 2.74. The molecule has 1 heterocycles. The molecule has 16 heavy (non-hydrogen) atoms. The Morgan fingerprint density at radius 3 is 2.44 bits per heavy atom. The highest BCUT2D eigenvalue weighted by atomic mass is 35.5. The Morgan fingerprint density at radius 2 is 1.88 bits per heavy atom. The summed E-state index contributed by atoms with van der Waals surface area (Å²) in [6.45, 7) is 6.86. The van der Waals surface area contributed by atoms with Crippen LogP contribution in [0.25, 0.3) is 0 Å². The lowest BCUT2D eigenvalue weighted by atomic mass is 9.71. The van der Waals surface area contributed by atoms with Gasteiger partial charge in [-0.1, -0.05) is 37.6 Å². The Morgan fingerprint density at radius 1 is 1.25 bits per heavy atom. The van der Waals surface area contributed by atoms with Gasteiger partial charge in [0, 0.05) is 24.0 Å². The first kappa shape index (κ1) is 11.9. The summed E-state index contributed by atoms with van der Waals surface area (Å²) in [5.74, 6) is 0.639. The fourth-order valence-corrected chi connectivity index (χ4v) is 3.09. The van der Waals surface area contributed by atoms with Gasteiger partial charge in [-0.25, -0.2) is 0 Å². The molecule has 1 aromatic rings. The van der Waals surface area contributed by atoms with Gasteiger partial charge in [0.15, 0.2) is 0 Å². The Labute approximate surface area is 103 Å². The van der Waals surface area contributed by atoms with Gasteiger partial charge < -0.3 is 5.32 Å². The Bertz CT molecular complexity index is 340. The van der Waals surface area contributed by atoms with Crippen molar-refractivity contribution < 1.29 is 0 Å². The van der Waals surface area contributed by atoms with Crippen molar-refractivity contribution >= 4 is 11.6 Å². The predicted octanol–water partition coefficient (Wildman–Crippen LogP) is 3.83. The van der Waals surface area contributed by atoms with E-state index in [-0.39, 0.29) is 0 Å². The summed E-state index contributed by atoms with van der Waals surface area (Å²) in [6.07, 6.45) is 2.48. The molecule has 1 aliphatic rings. The zero-order valence-electron chi connectivity index (χ0n) is 10.1. The highest BCUT2D eigenvalue weighted by molar-refractivity contribution is 6.30. The highest BCUT2D eigenvalue weighted by Gasteiger charge is 2.40. The number of hydrogen-bond donors (Lipinski definition) is 1. The van der Waals surface area contributed by atoms with Crippen LogP contribution in [0.5, 0.6) is 0 Å². The maximum absolute atomic E-state index is 5.94. The van der Waals surface area contributed by atoms with Crippen molar-refractivity contribution in [2.24, 2.45) is 5.41 Å². The van der Waals surface area contributed by atoms with Crippen molar-refractivity contribution in [3.05, 3.63) is 34.9 Å². The fraction of sp³-hybridized carbons (Fsp3) is 0.571. The SMILES string of the molecule is CCC1(CC)CNC[C@@H]1c1ccc(Cl)cc1. The number of hydrogen-bond acceptors (Lipinski definition) is 1. The van der Waals surface area contributed by atoms with Crippen molar-refractivity contribution in [1.29, 1.82) is 0 Å². The summed E-state index contributed by atoms with van der Waals surface area (Å²) in [5, 5.41) is 4.37. The van der Waals surface area contributed by atoms with Crippen molar-refractivity contribution in [2.75, 3.05) is 13.1 Å². The number of rotatable bonds is 3. The van der Waals surface area contributed by atoms with E-state index in [0.717, 1.165) is 18.1 Å². The van der Waals surface area contributed by atoms with E-state index in [0.29, 0.717) is 11.3 Å². The molecule has 0 bridgehead atoms. The monoisotopic (exact) mass is 237 g/mol. The minimum atomic E-state index is 0.438. The van der Waals surface area contributed by atoms with Gasteiger partial charge in [-0.3, -0.25) is 0 Å². The molecular formula is C14H20ClN. The van der Waals surface area contributed by atoms with Crippen LogP contribution in [0.4, 0.5) is 0 Å². The first-order valence-electron chi connectivity index (χ1n) is 6.18. The molecule has 0 aromatic heterocycles. The second-order valence-electron chi connectivity index (χ2n) is 4.80. The van der Waals surface area contributed by atoms with Crippen molar-refractivity contribution in [2.45, 2.75) is 32.6 Å². The van der Waals surface area contributed by atoms with Gasteiger partial charge in [0.2, 0.25) is 0 Å². The molecular weight excluding hydrogens is 218 g/mol. The summed E-state index contributed by atoms with van der Waals surface area (Å²) < 4.78 is 0. The summed E-state index contributed by atoms with van der Waals surface area (Å²) >= 11 is 5.94. The van der Waals surface area contributed by atoms with Crippen LogP contribution in [0, 0.1) is 5.41 Å². The zero-order valence-corrected chi connectivity index (χ0v) is 10.8. The minimum absolute atomic E-state index is 0.438. The fourth-order valence-electron chi connectivity index (χ4n) is 2.96. The lowest BCUT2D eigenvalue weighted by molar-refractivity contribution is 0.260. The van der Waals surface area contributed by atoms with Gasteiger partial charge >= 0.3 is 0 Å². The van der Waals surface area contributed by atoms with E-state index in [2.05, 4.69) is 31.3 Å². The van der Waals surface area contributed by atoms with Crippen LogP contribution in [-0.4, -0.2) is 13.1 Å². The van der Waals surface area contributed by atoms with Crippen LogP contribution in [0.1, 0.15) is 38.2 Å². The van der Waals surface area contributed by atoms with Crippen molar-refractivity contribution in [1.82, 2.24) is 5.32 Å². The minimum Gasteiger partial charge on any atom is -0.316 e. The molecule has 0 amide bonds. The van der Waals surface area contributed by atoms with Gasteiger partial charge in [0.1, 0.15) is 0 Å². The molecule has 2 heteroatoms. The summed E-state index contributed by atoms with van der Waals surface area (Å²) in [5.41, 5.74) is 1.87. The molecule has 0 radical (unpaired) electrons. The summed E-state index contributed by atoms with van der Waals surface area (Å²) in [7, 11) is 0. The Balaban J connectivity index is 2.29. The maximum atomic E-state index is 5.94. The lowest BCUT2D eigenvalue weighted by Gasteiger charge is -2.33. The third-order valence-electron chi connectivity index (χ3n) is 4.25. The quantitative estimate of drug-likeness (QED) is 0.843. The Kier molecular flexibility index (Phi) is 3.56. The molecule has 1 aromatic carbocycles. The first-order valence-corrected chi connectivity index (χ1v) is 6.56. The standard InChI is InChI=1S/C14H20ClN/c1-3-14(4-2)10-16-9-13(14)11-5-7-12(15)8-6-11/h5-8,13,16H,3-4,9-10H2,1-2H3/t13-/m1/s1. The second kappa shape index (κ2) is 4.77. The van der Waals surface area contributed by atoms with Crippen LogP contribution in [0.15, 0.2) is 24.3 Å². The van der Waals surface area contributed by atoms with Gasteiger partial charge in [-0.15, -0.1) is 0 Å². The van der Waals surface area contributed by atoms with Crippen LogP contribution >= 0.6 is 11.6 Å². The number of nitrogens with one attached hydrogen (secondary N) is 1. The van der Waals surface area contributed by atoms with E-state index < -0.39 is 0 Å². The van der Waals surface area contributed by atoms with E-state index in [4.69, 9.17) is 11.6 Å². The second-order valence-corrected chi connectivity index (χ2v) is 5.24. The van der Waals surface area contributed by atoms with Crippen LogP contribution < -0.4 is 5.32 Å². The molecule has 2 rings (SSSR count). The highest BCUT2D eigenvalue weighted by Crippen LogP contribution is 2.44. The van der Waals surface area contributed by atoms with E-state index in [1.807, 2.05) is 12.1 Å². The normalized spacial score (nSPS) is 23.6. The van der Waals surface area contributed by atoms with Gasteiger partial charge in [0.05, 0.1) is 0 Å². The first-order chi connectivity index (χ1) is 7.72. The molecule has 0 spiro atoms. The Hall–Kier alpha value is -0.530. The van der Waals surface area contributed by atoms with E-state index >= 15 is 0 Å². The van der Waals surface area contributed by atoms with Gasteiger partial charge in [0.25, 0.3) is 0 Å². The van der Waals surface area contributed by atoms with Crippen LogP contribution in [0.2, 0.25) is 5.02 Å². The van der Waals surface area contributed by atoms with E-state index in [1.165, 1.54) is 18.4 Å². The van der Waals surface area contributed by atoms with E-state index in [1.54, 1.807) is 0 Å². The number of benzene rings is 1. The van der Waals surface area contributed by atoms with Gasteiger partial charge in [-0.2, -0.15) is 0 Å². The lowest BCUT2D eigenvalue weighted by Crippen LogP contribution is -2.27.